The summed E-state index contributed by atoms with van der Waals surface area (Å²) in [7, 11) is 1.81. The number of carboxylic acids is 1. The Kier molecular flexibility index (Phi) is 4.49. The Morgan fingerprint density at radius 3 is 2.57 bits per heavy atom. The van der Waals surface area contributed by atoms with Gasteiger partial charge in [-0.1, -0.05) is 20.8 Å². The van der Waals surface area contributed by atoms with Crippen LogP contribution in [0.25, 0.3) is 0 Å². The minimum Gasteiger partial charge on any atom is -0.477 e. The molecule has 0 radical (unpaired) electrons. The average molecular weight is 316 g/mol. The zero-order valence-electron chi connectivity index (χ0n) is 13.6. The molecule has 122 valence electrons. The molecule has 7 nitrogen and oxygen atoms in total. The number of hydrogen-bond acceptors (Lipinski definition) is 4. The van der Waals surface area contributed by atoms with Crippen molar-refractivity contribution in [1.82, 2.24) is 20.1 Å². The van der Waals surface area contributed by atoms with Gasteiger partial charge < -0.3 is 10.4 Å². The number of nitrogens with zero attached hydrogens (tertiary/aromatic N) is 3. The average Bonchev–Trinajstić information content (AvgIpc) is 2.89. The first-order valence-corrected chi connectivity index (χ1v) is 7.17. The topological polar surface area (TPSA) is 97.1 Å². The summed E-state index contributed by atoms with van der Waals surface area (Å²) >= 11 is 0. The lowest BCUT2D eigenvalue weighted by atomic mass is 9.83. The second-order valence-electron chi connectivity index (χ2n) is 6.45. The Labute approximate surface area is 134 Å². The van der Waals surface area contributed by atoms with Crippen molar-refractivity contribution in [3.63, 3.8) is 0 Å². The summed E-state index contributed by atoms with van der Waals surface area (Å²) in [6.45, 7) is 6.04. The minimum atomic E-state index is -1.17. The molecule has 2 N–H and O–H groups in total. The zero-order chi connectivity index (χ0) is 17.2. The van der Waals surface area contributed by atoms with Gasteiger partial charge in [0.05, 0.1) is 12.2 Å². The quantitative estimate of drug-likeness (QED) is 0.899. The van der Waals surface area contributed by atoms with Crippen molar-refractivity contribution in [2.45, 2.75) is 26.8 Å². The van der Waals surface area contributed by atoms with E-state index >= 15 is 0 Å². The van der Waals surface area contributed by atoms with Crippen molar-refractivity contribution in [1.29, 1.82) is 0 Å². The van der Waals surface area contributed by atoms with Crippen LogP contribution in [0.2, 0.25) is 0 Å². The number of rotatable bonds is 4. The smallest absolute Gasteiger partial charge is 0.354 e. The van der Waals surface area contributed by atoms with Crippen LogP contribution in [0.4, 0.5) is 0 Å². The maximum absolute atomic E-state index is 12.5. The predicted octanol–water partition coefficient (Wildman–Crippen LogP) is 2.03. The van der Waals surface area contributed by atoms with Gasteiger partial charge >= 0.3 is 5.97 Å². The van der Waals surface area contributed by atoms with Gasteiger partial charge in [-0.05, 0) is 17.5 Å². The molecule has 2 aromatic heterocycles. The first-order chi connectivity index (χ1) is 10.7. The molecule has 2 rings (SSSR count). The van der Waals surface area contributed by atoms with E-state index in [2.05, 4.69) is 15.4 Å². The second-order valence-corrected chi connectivity index (χ2v) is 6.45. The SMILES string of the molecule is Cn1cc([C@@H](NC(=O)c2ccnc(C(=O)O)c2)C(C)(C)C)cn1. The van der Waals surface area contributed by atoms with Crippen molar-refractivity contribution in [2.24, 2.45) is 12.5 Å². The molecule has 2 aromatic rings. The maximum Gasteiger partial charge on any atom is 0.354 e. The molecule has 23 heavy (non-hydrogen) atoms. The van der Waals surface area contributed by atoms with Gasteiger partial charge in [-0.3, -0.25) is 9.48 Å². The van der Waals surface area contributed by atoms with Crippen LogP contribution in [0.1, 0.15) is 53.2 Å². The number of pyridine rings is 1. The summed E-state index contributed by atoms with van der Waals surface area (Å²) in [5, 5.41) is 16.1. The number of nitrogens with one attached hydrogen (secondary N) is 1. The minimum absolute atomic E-state index is 0.161. The highest BCUT2D eigenvalue weighted by atomic mass is 16.4. The fourth-order valence-electron chi connectivity index (χ4n) is 2.29. The molecule has 0 bridgehead atoms. The summed E-state index contributed by atoms with van der Waals surface area (Å²) in [5.74, 6) is -1.52. The molecule has 0 aromatic carbocycles. The van der Waals surface area contributed by atoms with Crippen LogP contribution in [0.15, 0.2) is 30.7 Å². The van der Waals surface area contributed by atoms with E-state index in [4.69, 9.17) is 5.11 Å². The third kappa shape index (κ3) is 3.94. The second kappa shape index (κ2) is 6.20. The molecule has 0 aliphatic rings. The lowest BCUT2D eigenvalue weighted by Gasteiger charge is -2.30. The summed E-state index contributed by atoms with van der Waals surface area (Å²) in [6, 6.07) is 2.50. The molecule has 0 aliphatic heterocycles. The first-order valence-electron chi connectivity index (χ1n) is 7.17. The monoisotopic (exact) mass is 316 g/mol. The van der Waals surface area contributed by atoms with Gasteiger partial charge in [-0.2, -0.15) is 5.10 Å². The molecule has 0 unspecified atom stereocenters. The molecule has 0 aliphatic carbocycles. The predicted molar refractivity (Wildman–Crippen MR) is 84.1 cm³/mol. The van der Waals surface area contributed by atoms with Crippen LogP contribution in [-0.4, -0.2) is 31.7 Å². The maximum atomic E-state index is 12.5. The zero-order valence-corrected chi connectivity index (χ0v) is 13.6. The van der Waals surface area contributed by atoms with E-state index in [1.54, 1.807) is 10.9 Å². The molecule has 1 atom stereocenters. The van der Waals surface area contributed by atoms with Crippen molar-refractivity contribution < 1.29 is 14.7 Å². The number of amides is 1. The Morgan fingerprint density at radius 1 is 1.35 bits per heavy atom. The van der Waals surface area contributed by atoms with Crippen LogP contribution in [0.3, 0.4) is 0 Å². The van der Waals surface area contributed by atoms with Crippen LogP contribution < -0.4 is 5.32 Å². The van der Waals surface area contributed by atoms with Crippen LogP contribution in [0, 0.1) is 5.41 Å². The number of aromatic carboxylic acids is 1. The van der Waals surface area contributed by atoms with E-state index in [0.29, 0.717) is 0 Å². The standard InChI is InChI=1S/C16H20N4O3/c1-16(2,3)13(11-8-18-20(4)9-11)19-14(21)10-5-6-17-12(7-10)15(22)23/h5-9,13H,1-4H3,(H,19,21)(H,22,23)/t13-/m1/s1. The fraction of sp³-hybridized carbons (Fsp3) is 0.375. The number of hydrogen-bond donors (Lipinski definition) is 2. The summed E-state index contributed by atoms with van der Waals surface area (Å²) < 4.78 is 1.68. The highest BCUT2D eigenvalue weighted by Crippen LogP contribution is 2.32. The molecule has 0 saturated carbocycles. The number of carboxylic acid groups (broad SMARTS) is 1. The van der Waals surface area contributed by atoms with Crippen molar-refractivity contribution in [3.8, 4) is 0 Å². The molecule has 1 amide bonds. The summed E-state index contributed by atoms with van der Waals surface area (Å²) in [4.78, 5) is 27.2. The number of aromatic nitrogens is 3. The molecular formula is C16H20N4O3. The summed E-state index contributed by atoms with van der Waals surface area (Å²) in [5.41, 5.74) is 0.754. The fourth-order valence-corrected chi connectivity index (χ4v) is 2.29. The number of aryl methyl sites for hydroxylation is 1. The Bertz CT molecular complexity index is 731. The molecule has 0 spiro atoms. The van der Waals surface area contributed by atoms with Crippen LogP contribution in [-0.2, 0) is 7.05 Å². The molecule has 7 heteroatoms. The van der Waals surface area contributed by atoms with Crippen LogP contribution in [0.5, 0.6) is 0 Å². The van der Waals surface area contributed by atoms with E-state index in [0.717, 1.165) is 5.56 Å². The Morgan fingerprint density at radius 2 is 2.04 bits per heavy atom. The molecular weight excluding hydrogens is 296 g/mol. The molecule has 0 saturated heterocycles. The molecule has 0 fully saturated rings. The van der Waals surface area contributed by atoms with Gasteiger partial charge in [0.2, 0.25) is 0 Å². The summed E-state index contributed by atoms with van der Waals surface area (Å²) in [6.07, 6.45) is 4.88. The third-order valence-corrected chi connectivity index (χ3v) is 3.44. The third-order valence-electron chi connectivity index (χ3n) is 3.44. The van der Waals surface area contributed by atoms with E-state index in [-0.39, 0.29) is 28.6 Å². The lowest BCUT2D eigenvalue weighted by molar-refractivity contribution is 0.0690. The van der Waals surface area contributed by atoms with Gasteiger partial charge in [0.1, 0.15) is 5.69 Å². The van der Waals surface area contributed by atoms with Crippen molar-refractivity contribution in [3.05, 3.63) is 47.5 Å². The number of carbonyl (C=O) groups is 2. The van der Waals surface area contributed by atoms with Crippen molar-refractivity contribution in [2.75, 3.05) is 0 Å². The largest absolute Gasteiger partial charge is 0.477 e. The van der Waals surface area contributed by atoms with Gasteiger partial charge in [0.15, 0.2) is 0 Å². The van der Waals surface area contributed by atoms with Gasteiger partial charge in [0.25, 0.3) is 5.91 Å². The van der Waals surface area contributed by atoms with Crippen molar-refractivity contribution >= 4 is 11.9 Å². The highest BCUT2D eigenvalue weighted by molar-refractivity contribution is 5.96. The van der Waals surface area contributed by atoms with Gasteiger partial charge in [0, 0.05) is 30.6 Å². The van der Waals surface area contributed by atoms with Gasteiger partial charge in [-0.25, -0.2) is 9.78 Å². The first kappa shape index (κ1) is 16.7. The Hall–Kier alpha value is -2.70. The van der Waals surface area contributed by atoms with Gasteiger partial charge in [-0.15, -0.1) is 0 Å². The van der Waals surface area contributed by atoms with E-state index < -0.39 is 5.97 Å². The lowest BCUT2D eigenvalue weighted by Crippen LogP contribution is -2.36. The number of carbonyl (C=O) groups excluding carboxylic acids is 1. The van der Waals surface area contributed by atoms with Crippen LogP contribution >= 0.6 is 0 Å². The van der Waals surface area contributed by atoms with E-state index in [9.17, 15) is 9.59 Å². The highest BCUT2D eigenvalue weighted by Gasteiger charge is 2.29. The van der Waals surface area contributed by atoms with E-state index in [1.165, 1.54) is 18.3 Å². The Balaban J connectivity index is 2.28. The van der Waals surface area contributed by atoms with E-state index in [1.807, 2.05) is 34.0 Å². The molecule has 2 heterocycles. The normalized spacial score (nSPS) is 12.7.